The predicted octanol–water partition coefficient (Wildman–Crippen LogP) is 3.23. The summed E-state index contributed by atoms with van der Waals surface area (Å²) in [5, 5.41) is 2.18. The number of ether oxygens (including phenoxy) is 1. The van der Waals surface area contributed by atoms with E-state index in [9.17, 15) is 0 Å². The van der Waals surface area contributed by atoms with Gasteiger partial charge >= 0.3 is 0 Å². The van der Waals surface area contributed by atoms with Gasteiger partial charge in [0.1, 0.15) is 0 Å². The molecule has 2 aromatic heterocycles. The lowest BCUT2D eigenvalue weighted by Gasteiger charge is -2.39. The number of thiophene rings is 1. The zero-order valence-electron chi connectivity index (χ0n) is 12.2. The molecular formula is C17H22N2OS. The Hall–Kier alpha value is -1.10. The summed E-state index contributed by atoms with van der Waals surface area (Å²) in [6.45, 7) is 4.16. The van der Waals surface area contributed by atoms with E-state index in [0.29, 0.717) is 18.1 Å². The van der Waals surface area contributed by atoms with E-state index in [-0.39, 0.29) is 0 Å². The van der Waals surface area contributed by atoms with Gasteiger partial charge in [-0.15, -0.1) is 11.3 Å². The molecule has 21 heavy (non-hydrogen) atoms. The molecule has 0 bridgehead atoms. The molecule has 4 heteroatoms. The number of hydrogen-bond acceptors (Lipinski definition) is 3. The molecule has 1 aliphatic heterocycles. The number of hydrogen-bond donors (Lipinski definition) is 0. The minimum atomic E-state index is 0.418. The number of aromatic nitrogens is 1. The maximum atomic E-state index is 6.16. The molecule has 0 amide bonds. The number of nitrogens with zero attached hydrogens (tertiary/aromatic N) is 2. The van der Waals surface area contributed by atoms with Crippen molar-refractivity contribution in [2.24, 2.45) is 5.92 Å². The Kier molecular flexibility index (Phi) is 3.84. The standard InChI is InChI=1S/C17H22N2OS/c1-2-8-18(7-1)12-14-5-6-16-17(14)20-10-9-19(16)13-15-4-3-11-21-15/h1-4,7-8,11,14,16-17H,5-6,9-10,12-13H2/t14-,16+,17+/m0/s1. The summed E-state index contributed by atoms with van der Waals surface area (Å²) in [6, 6.07) is 9.23. The summed E-state index contributed by atoms with van der Waals surface area (Å²) < 4.78 is 8.46. The van der Waals surface area contributed by atoms with Crippen LogP contribution < -0.4 is 0 Å². The highest BCUT2D eigenvalue weighted by Crippen LogP contribution is 2.36. The summed E-state index contributed by atoms with van der Waals surface area (Å²) in [7, 11) is 0. The van der Waals surface area contributed by atoms with E-state index in [4.69, 9.17) is 4.74 Å². The van der Waals surface area contributed by atoms with Crippen LogP contribution in [0.1, 0.15) is 17.7 Å². The first kappa shape index (κ1) is 13.6. The van der Waals surface area contributed by atoms with Crippen molar-refractivity contribution in [2.45, 2.75) is 38.1 Å². The van der Waals surface area contributed by atoms with Crippen molar-refractivity contribution in [2.75, 3.05) is 13.2 Å². The molecule has 1 saturated carbocycles. The van der Waals surface area contributed by atoms with Gasteiger partial charge in [0.25, 0.3) is 0 Å². The summed E-state index contributed by atoms with van der Waals surface area (Å²) in [5.74, 6) is 0.661. The number of fused-ring (bicyclic) bond motifs is 1. The van der Waals surface area contributed by atoms with Crippen LogP contribution in [0.3, 0.4) is 0 Å². The third kappa shape index (κ3) is 2.80. The van der Waals surface area contributed by atoms with E-state index in [1.807, 2.05) is 11.3 Å². The largest absolute Gasteiger partial charge is 0.375 e. The highest BCUT2D eigenvalue weighted by molar-refractivity contribution is 7.09. The maximum Gasteiger partial charge on any atom is 0.0776 e. The molecule has 2 fully saturated rings. The zero-order valence-corrected chi connectivity index (χ0v) is 13.0. The molecule has 0 aromatic carbocycles. The summed E-state index contributed by atoms with van der Waals surface area (Å²) in [6.07, 6.45) is 7.32. The van der Waals surface area contributed by atoms with Gasteiger partial charge in [0.2, 0.25) is 0 Å². The van der Waals surface area contributed by atoms with Gasteiger partial charge in [-0.3, -0.25) is 4.90 Å². The molecule has 0 radical (unpaired) electrons. The third-order valence-corrected chi connectivity index (χ3v) is 5.75. The van der Waals surface area contributed by atoms with Gasteiger partial charge < -0.3 is 9.30 Å². The SMILES string of the molecule is c1csc(CN2CCO[C@@H]3[C@H](Cn4cccc4)CC[C@H]32)c1. The molecule has 2 aromatic rings. The molecule has 3 nitrogen and oxygen atoms in total. The first-order valence-electron chi connectivity index (χ1n) is 7.89. The predicted molar refractivity (Wildman–Crippen MR) is 85.4 cm³/mol. The van der Waals surface area contributed by atoms with Crippen LogP contribution in [-0.2, 0) is 17.8 Å². The van der Waals surface area contributed by atoms with Crippen LogP contribution in [0, 0.1) is 5.92 Å². The third-order valence-electron chi connectivity index (χ3n) is 4.89. The second-order valence-electron chi connectivity index (χ2n) is 6.17. The molecule has 2 aliphatic rings. The topological polar surface area (TPSA) is 17.4 Å². The lowest BCUT2D eigenvalue weighted by atomic mass is 10.0. The molecule has 4 rings (SSSR count). The van der Waals surface area contributed by atoms with Gasteiger partial charge in [0.15, 0.2) is 0 Å². The Labute approximate surface area is 130 Å². The van der Waals surface area contributed by atoms with Gasteiger partial charge in [-0.25, -0.2) is 0 Å². The molecule has 1 saturated heterocycles. The van der Waals surface area contributed by atoms with Crippen molar-refractivity contribution in [3.05, 3.63) is 46.9 Å². The Morgan fingerprint density at radius 2 is 2.10 bits per heavy atom. The molecule has 0 N–H and O–H groups in total. The maximum absolute atomic E-state index is 6.16. The fourth-order valence-electron chi connectivity index (χ4n) is 3.89. The Balaban J connectivity index is 1.44. The molecule has 3 atom stereocenters. The molecule has 0 unspecified atom stereocenters. The summed E-state index contributed by atoms with van der Waals surface area (Å²) in [4.78, 5) is 4.12. The minimum Gasteiger partial charge on any atom is -0.375 e. The van der Waals surface area contributed by atoms with Crippen LogP contribution in [0.15, 0.2) is 42.0 Å². The minimum absolute atomic E-state index is 0.418. The van der Waals surface area contributed by atoms with Crippen LogP contribution in [0.4, 0.5) is 0 Å². The van der Waals surface area contributed by atoms with E-state index in [2.05, 4.69) is 51.5 Å². The van der Waals surface area contributed by atoms with Crippen LogP contribution >= 0.6 is 11.3 Å². The smallest absolute Gasteiger partial charge is 0.0776 e. The Morgan fingerprint density at radius 1 is 1.19 bits per heavy atom. The van der Waals surface area contributed by atoms with Gasteiger partial charge in [0, 0.05) is 48.9 Å². The fraction of sp³-hybridized carbons (Fsp3) is 0.529. The van der Waals surface area contributed by atoms with Crippen molar-refractivity contribution in [3.8, 4) is 0 Å². The van der Waals surface area contributed by atoms with Crippen molar-refractivity contribution >= 4 is 11.3 Å². The monoisotopic (exact) mass is 302 g/mol. The summed E-state index contributed by atoms with van der Waals surface area (Å²) in [5.41, 5.74) is 0. The van der Waals surface area contributed by atoms with Crippen LogP contribution in [0.5, 0.6) is 0 Å². The average molecular weight is 302 g/mol. The van der Waals surface area contributed by atoms with E-state index in [0.717, 1.165) is 26.2 Å². The highest BCUT2D eigenvalue weighted by atomic mass is 32.1. The normalized spacial score (nSPS) is 29.6. The van der Waals surface area contributed by atoms with E-state index in [1.54, 1.807) is 0 Å². The molecular weight excluding hydrogens is 280 g/mol. The van der Waals surface area contributed by atoms with E-state index >= 15 is 0 Å². The lowest BCUT2D eigenvalue weighted by Crippen LogP contribution is -2.50. The van der Waals surface area contributed by atoms with E-state index < -0.39 is 0 Å². The first-order chi connectivity index (χ1) is 10.4. The van der Waals surface area contributed by atoms with Gasteiger partial charge in [-0.1, -0.05) is 6.07 Å². The van der Waals surface area contributed by atoms with Gasteiger partial charge in [-0.05, 0) is 36.4 Å². The molecule has 1 aliphatic carbocycles. The van der Waals surface area contributed by atoms with Gasteiger partial charge in [0.05, 0.1) is 12.7 Å². The second-order valence-corrected chi connectivity index (χ2v) is 7.20. The number of rotatable bonds is 4. The van der Waals surface area contributed by atoms with Crippen molar-refractivity contribution in [1.82, 2.24) is 9.47 Å². The molecule has 0 spiro atoms. The quantitative estimate of drug-likeness (QED) is 0.863. The van der Waals surface area contributed by atoms with Crippen LogP contribution in [-0.4, -0.2) is 34.8 Å². The van der Waals surface area contributed by atoms with Crippen molar-refractivity contribution in [3.63, 3.8) is 0 Å². The Bertz CT molecular complexity index is 551. The van der Waals surface area contributed by atoms with Crippen molar-refractivity contribution in [1.29, 1.82) is 0 Å². The first-order valence-corrected chi connectivity index (χ1v) is 8.77. The van der Waals surface area contributed by atoms with E-state index in [1.165, 1.54) is 17.7 Å². The van der Waals surface area contributed by atoms with Crippen molar-refractivity contribution < 1.29 is 4.74 Å². The summed E-state index contributed by atoms with van der Waals surface area (Å²) >= 11 is 1.87. The fourth-order valence-corrected chi connectivity index (χ4v) is 4.62. The lowest BCUT2D eigenvalue weighted by molar-refractivity contribution is -0.0783. The van der Waals surface area contributed by atoms with Crippen LogP contribution in [0.2, 0.25) is 0 Å². The average Bonchev–Trinajstić information content (AvgIpc) is 3.22. The molecule has 3 heterocycles. The van der Waals surface area contributed by atoms with Crippen LogP contribution in [0.25, 0.3) is 0 Å². The second kappa shape index (κ2) is 5.95. The van der Waals surface area contributed by atoms with Gasteiger partial charge in [-0.2, -0.15) is 0 Å². The molecule has 112 valence electrons. The highest BCUT2D eigenvalue weighted by Gasteiger charge is 2.42. The number of morpholine rings is 1. The zero-order chi connectivity index (χ0) is 14.1. The Morgan fingerprint density at radius 3 is 2.90 bits per heavy atom.